The van der Waals surface area contributed by atoms with E-state index in [1.54, 1.807) is 0 Å². The van der Waals surface area contributed by atoms with E-state index in [1.165, 1.54) is 0 Å². The van der Waals surface area contributed by atoms with Crippen molar-refractivity contribution in [2.75, 3.05) is 38.2 Å². The zero-order chi connectivity index (χ0) is 17.5. The molecule has 132 valence electrons. The van der Waals surface area contributed by atoms with E-state index in [4.69, 9.17) is 9.47 Å². The zero-order valence-corrected chi connectivity index (χ0v) is 14.5. The quantitative estimate of drug-likeness (QED) is 0.878. The molecule has 2 aromatic carbocycles. The highest BCUT2D eigenvalue weighted by molar-refractivity contribution is 5.86. The van der Waals surface area contributed by atoms with Crippen molar-refractivity contribution in [1.82, 2.24) is 4.90 Å². The largest absolute Gasteiger partial charge is 0.492 e. The van der Waals surface area contributed by atoms with Gasteiger partial charge in [0.1, 0.15) is 11.8 Å². The molecule has 0 saturated carbocycles. The Bertz CT molecular complexity index is 684. The van der Waals surface area contributed by atoms with Crippen LogP contribution in [0.4, 0.5) is 5.69 Å². The molecule has 0 unspecified atom stereocenters. The summed E-state index contributed by atoms with van der Waals surface area (Å²) in [5.41, 5.74) is 1.75. The number of para-hydroxylation sites is 2. The van der Waals surface area contributed by atoms with Gasteiger partial charge in [0.25, 0.3) is 0 Å². The topological polar surface area (TPSA) is 50.8 Å². The molecule has 0 aliphatic carbocycles. The number of amides is 1. The van der Waals surface area contributed by atoms with Crippen LogP contribution in [-0.4, -0.2) is 43.7 Å². The molecule has 1 aliphatic heterocycles. The van der Waals surface area contributed by atoms with Gasteiger partial charge < -0.3 is 19.7 Å². The molecule has 2 aromatic rings. The SMILES string of the molecule is CCOc1ccccc1N[C@@H](C(=O)N1CCOCC1)c1ccccc1. The van der Waals surface area contributed by atoms with Crippen molar-refractivity contribution in [2.45, 2.75) is 13.0 Å². The van der Waals surface area contributed by atoms with Crippen LogP contribution in [-0.2, 0) is 9.53 Å². The molecule has 25 heavy (non-hydrogen) atoms. The van der Waals surface area contributed by atoms with Crippen LogP contribution in [0.15, 0.2) is 54.6 Å². The van der Waals surface area contributed by atoms with Crippen molar-refractivity contribution in [3.8, 4) is 5.75 Å². The predicted molar refractivity (Wildman–Crippen MR) is 97.8 cm³/mol. The van der Waals surface area contributed by atoms with Crippen molar-refractivity contribution in [1.29, 1.82) is 0 Å². The number of anilines is 1. The number of nitrogens with zero attached hydrogens (tertiary/aromatic N) is 1. The van der Waals surface area contributed by atoms with Crippen molar-refractivity contribution in [3.05, 3.63) is 60.2 Å². The van der Waals surface area contributed by atoms with E-state index in [-0.39, 0.29) is 5.91 Å². The third kappa shape index (κ3) is 4.31. The Morgan fingerprint density at radius 2 is 1.80 bits per heavy atom. The summed E-state index contributed by atoms with van der Waals surface area (Å²) >= 11 is 0. The van der Waals surface area contributed by atoms with Crippen molar-refractivity contribution >= 4 is 11.6 Å². The molecule has 1 fully saturated rings. The summed E-state index contributed by atoms with van der Waals surface area (Å²) in [4.78, 5) is 15.0. The summed E-state index contributed by atoms with van der Waals surface area (Å²) in [6.45, 7) is 4.94. The van der Waals surface area contributed by atoms with Crippen LogP contribution in [0, 0.1) is 0 Å². The highest BCUT2D eigenvalue weighted by Crippen LogP contribution is 2.29. The van der Waals surface area contributed by atoms with E-state index < -0.39 is 6.04 Å². The predicted octanol–water partition coefficient (Wildman–Crippen LogP) is 3.10. The normalized spacial score (nSPS) is 15.5. The average molecular weight is 340 g/mol. The second kappa shape index (κ2) is 8.53. The fourth-order valence-corrected chi connectivity index (χ4v) is 2.92. The fourth-order valence-electron chi connectivity index (χ4n) is 2.92. The van der Waals surface area contributed by atoms with E-state index in [9.17, 15) is 4.79 Å². The van der Waals surface area contributed by atoms with E-state index in [2.05, 4.69) is 5.32 Å². The minimum Gasteiger partial charge on any atom is -0.492 e. The Balaban J connectivity index is 1.88. The first-order chi connectivity index (χ1) is 12.3. The number of rotatable bonds is 6. The van der Waals surface area contributed by atoms with E-state index in [0.29, 0.717) is 32.9 Å². The number of benzene rings is 2. The highest BCUT2D eigenvalue weighted by atomic mass is 16.5. The summed E-state index contributed by atoms with van der Waals surface area (Å²) in [5.74, 6) is 0.807. The van der Waals surface area contributed by atoms with Gasteiger partial charge in [0.05, 0.1) is 25.5 Å². The lowest BCUT2D eigenvalue weighted by Crippen LogP contribution is -2.44. The van der Waals surface area contributed by atoms with Crippen LogP contribution < -0.4 is 10.1 Å². The van der Waals surface area contributed by atoms with Gasteiger partial charge in [-0.15, -0.1) is 0 Å². The first kappa shape index (κ1) is 17.3. The molecule has 1 N–H and O–H groups in total. The van der Waals surface area contributed by atoms with Crippen LogP contribution in [0.25, 0.3) is 0 Å². The van der Waals surface area contributed by atoms with Crippen molar-refractivity contribution < 1.29 is 14.3 Å². The summed E-state index contributed by atoms with van der Waals surface area (Å²) in [6, 6.07) is 17.0. The third-order valence-corrected chi connectivity index (χ3v) is 4.19. The van der Waals surface area contributed by atoms with E-state index >= 15 is 0 Å². The van der Waals surface area contributed by atoms with Gasteiger partial charge >= 0.3 is 0 Å². The van der Waals surface area contributed by atoms with Crippen LogP contribution in [0.3, 0.4) is 0 Å². The Labute approximate surface area is 148 Å². The Morgan fingerprint density at radius 3 is 2.52 bits per heavy atom. The molecular formula is C20H24N2O3. The molecule has 5 nitrogen and oxygen atoms in total. The van der Waals surface area contributed by atoms with Gasteiger partial charge in [0.15, 0.2) is 0 Å². The number of hydrogen-bond acceptors (Lipinski definition) is 4. The van der Waals surface area contributed by atoms with Crippen LogP contribution in [0.1, 0.15) is 18.5 Å². The molecule has 1 heterocycles. The third-order valence-electron chi connectivity index (χ3n) is 4.19. The summed E-state index contributed by atoms with van der Waals surface area (Å²) < 4.78 is 11.1. The smallest absolute Gasteiger partial charge is 0.249 e. The van der Waals surface area contributed by atoms with E-state index in [0.717, 1.165) is 17.0 Å². The Morgan fingerprint density at radius 1 is 1.12 bits per heavy atom. The maximum Gasteiger partial charge on any atom is 0.249 e. The molecule has 1 aliphatic rings. The van der Waals surface area contributed by atoms with Gasteiger partial charge in [-0.1, -0.05) is 42.5 Å². The lowest BCUT2D eigenvalue weighted by Gasteiger charge is -2.31. The van der Waals surface area contributed by atoms with Crippen LogP contribution in [0.2, 0.25) is 0 Å². The number of carbonyl (C=O) groups excluding carboxylic acids is 1. The number of hydrogen-bond donors (Lipinski definition) is 1. The maximum atomic E-state index is 13.1. The zero-order valence-electron chi connectivity index (χ0n) is 14.5. The summed E-state index contributed by atoms with van der Waals surface area (Å²) in [7, 11) is 0. The second-order valence-electron chi connectivity index (χ2n) is 5.85. The molecule has 0 aromatic heterocycles. The Kier molecular flexibility index (Phi) is 5.90. The van der Waals surface area contributed by atoms with Gasteiger partial charge in [0, 0.05) is 13.1 Å². The molecule has 0 spiro atoms. The van der Waals surface area contributed by atoms with Gasteiger partial charge in [-0.3, -0.25) is 4.79 Å². The van der Waals surface area contributed by atoms with Crippen molar-refractivity contribution in [3.63, 3.8) is 0 Å². The average Bonchev–Trinajstić information content (AvgIpc) is 2.68. The van der Waals surface area contributed by atoms with Crippen LogP contribution in [0.5, 0.6) is 5.75 Å². The number of nitrogens with one attached hydrogen (secondary N) is 1. The van der Waals surface area contributed by atoms with Crippen molar-refractivity contribution in [2.24, 2.45) is 0 Å². The first-order valence-electron chi connectivity index (χ1n) is 8.69. The highest BCUT2D eigenvalue weighted by Gasteiger charge is 2.27. The summed E-state index contributed by atoms with van der Waals surface area (Å²) in [5, 5.41) is 3.39. The standard InChI is InChI=1S/C20H24N2O3/c1-2-25-18-11-7-6-10-17(18)21-19(16-8-4-3-5-9-16)20(23)22-12-14-24-15-13-22/h3-11,19,21H,2,12-15H2,1H3/t19-/m1/s1. The van der Waals surface area contributed by atoms with Gasteiger partial charge in [-0.2, -0.15) is 0 Å². The van der Waals surface area contributed by atoms with Gasteiger partial charge in [0.2, 0.25) is 5.91 Å². The Hall–Kier alpha value is -2.53. The molecule has 3 rings (SSSR count). The van der Waals surface area contributed by atoms with Gasteiger partial charge in [-0.25, -0.2) is 0 Å². The molecular weight excluding hydrogens is 316 g/mol. The van der Waals surface area contributed by atoms with Crippen LogP contribution >= 0.6 is 0 Å². The molecule has 5 heteroatoms. The minimum atomic E-state index is -0.457. The fraction of sp³-hybridized carbons (Fsp3) is 0.350. The molecule has 0 radical (unpaired) electrons. The van der Waals surface area contributed by atoms with E-state index in [1.807, 2.05) is 66.4 Å². The van der Waals surface area contributed by atoms with Gasteiger partial charge in [-0.05, 0) is 24.6 Å². The first-order valence-corrected chi connectivity index (χ1v) is 8.69. The number of ether oxygens (including phenoxy) is 2. The summed E-state index contributed by atoms with van der Waals surface area (Å²) in [6.07, 6.45) is 0. The monoisotopic (exact) mass is 340 g/mol. The molecule has 0 bridgehead atoms. The second-order valence-corrected chi connectivity index (χ2v) is 5.85. The minimum absolute atomic E-state index is 0.0563. The molecule has 1 atom stereocenters. The molecule has 1 saturated heterocycles. The maximum absolute atomic E-state index is 13.1. The molecule has 1 amide bonds. The lowest BCUT2D eigenvalue weighted by atomic mass is 10.0. The lowest BCUT2D eigenvalue weighted by molar-refractivity contribution is -0.136. The number of carbonyl (C=O) groups is 1. The number of morpholine rings is 1.